The highest BCUT2D eigenvalue weighted by atomic mass is 35.5. The van der Waals surface area contributed by atoms with Gasteiger partial charge in [-0.2, -0.15) is 0 Å². The van der Waals surface area contributed by atoms with Gasteiger partial charge in [0.15, 0.2) is 11.5 Å². The van der Waals surface area contributed by atoms with Gasteiger partial charge in [-0.25, -0.2) is 0 Å². The molecule has 0 atom stereocenters. The van der Waals surface area contributed by atoms with Crippen molar-refractivity contribution >= 4 is 17.5 Å². The number of ether oxygens (including phenoxy) is 2. The summed E-state index contributed by atoms with van der Waals surface area (Å²) in [5.41, 5.74) is 1.53. The Hall–Kier alpha value is -2.20. The first-order valence-electron chi connectivity index (χ1n) is 7.76. The van der Waals surface area contributed by atoms with E-state index in [2.05, 4.69) is 0 Å². The molecule has 0 aliphatic heterocycles. The monoisotopic (exact) mass is 347 g/mol. The molecule has 1 amide bonds. The number of benzene rings is 2. The smallest absolute Gasteiger partial charge is 0.254 e. The third-order valence-corrected chi connectivity index (χ3v) is 3.72. The van der Waals surface area contributed by atoms with Crippen LogP contribution in [0, 0.1) is 0 Å². The molecule has 4 nitrogen and oxygen atoms in total. The molecule has 0 radical (unpaired) electrons. The summed E-state index contributed by atoms with van der Waals surface area (Å²) in [7, 11) is 3.29. The highest BCUT2D eigenvalue weighted by Crippen LogP contribution is 2.37. The number of carbonyl (C=O) groups is 1. The van der Waals surface area contributed by atoms with Gasteiger partial charge in [-0.1, -0.05) is 41.9 Å². The molecule has 0 fully saturated rings. The number of carbonyl (C=O) groups excluding carboxylic acids is 1. The lowest BCUT2D eigenvalue weighted by Crippen LogP contribution is -2.26. The molecule has 24 heavy (non-hydrogen) atoms. The maximum Gasteiger partial charge on any atom is 0.254 e. The quantitative estimate of drug-likeness (QED) is 0.777. The molecule has 0 N–H and O–H groups in total. The van der Waals surface area contributed by atoms with E-state index in [0.717, 1.165) is 5.56 Å². The van der Waals surface area contributed by atoms with Crippen LogP contribution in [0.2, 0.25) is 5.02 Å². The van der Waals surface area contributed by atoms with Gasteiger partial charge in [0, 0.05) is 19.2 Å². The largest absolute Gasteiger partial charge is 0.493 e. The van der Waals surface area contributed by atoms with Gasteiger partial charge in [0.2, 0.25) is 0 Å². The SMILES string of the molecule is COc1cc(C(=O)N(C)Cc2ccccc2)cc(Cl)c1OC(C)C. The van der Waals surface area contributed by atoms with Gasteiger partial charge in [0.1, 0.15) is 0 Å². The minimum atomic E-state index is -0.129. The number of rotatable bonds is 6. The van der Waals surface area contributed by atoms with Gasteiger partial charge in [0.25, 0.3) is 5.91 Å². The molecule has 2 aromatic carbocycles. The third-order valence-electron chi connectivity index (χ3n) is 3.44. The van der Waals surface area contributed by atoms with Crippen molar-refractivity contribution in [2.75, 3.05) is 14.2 Å². The number of hydrogen-bond donors (Lipinski definition) is 0. The van der Waals surface area contributed by atoms with E-state index in [1.54, 1.807) is 24.1 Å². The lowest BCUT2D eigenvalue weighted by Gasteiger charge is -2.20. The van der Waals surface area contributed by atoms with E-state index in [4.69, 9.17) is 21.1 Å². The second-order valence-electron chi connectivity index (χ2n) is 5.80. The Balaban J connectivity index is 2.24. The van der Waals surface area contributed by atoms with Crippen LogP contribution in [0.1, 0.15) is 29.8 Å². The molecule has 5 heteroatoms. The Kier molecular flexibility index (Phi) is 6.10. The Morgan fingerprint density at radius 1 is 1.21 bits per heavy atom. The van der Waals surface area contributed by atoms with E-state index < -0.39 is 0 Å². The predicted molar refractivity (Wildman–Crippen MR) is 96.0 cm³/mol. The van der Waals surface area contributed by atoms with Crippen LogP contribution in [0.15, 0.2) is 42.5 Å². The van der Waals surface area contributed by atoms with Crippen LogP contribution in [0.25, 0.3) is 0 Å². The average Bonchev–Trinajstić information content (AvgIpc) is 2.56. The van der Waals surface area contributed by atoms with Gasteiger partial charge in [-0.05, 0) is 31.5 Å². The molecule has 2 aromatic rings. The fourth-order valence-corrected chi connectivity index (χ4v) is 2.60. The normalized spacial score (nSPS) is 10.6. The maximum absolute atomic E-state index is 12.7. The van der Waals surface area contributed by atoms with E-state index in [0.29, 0.717) is 28.6 Å². The number of methoxy groups -OCH3 is 1. The Bertz CT molecular complexity index is 701. The van der Waals surface area contributed by atoms with Crippen LogP contribution in [0.4, 0.5) is 0 Å². The van der Waals surface area contributed by atoms with Crippen molar-refractivity contribution in [2.45, 2.75) is 26.5 Å². The molecule has 128 valence electrons. The average molecular weight is 348 g/mol. The van der Waals surface area contributed by atoms with Crippen LogP contribution in [-0.2, 0) is 6.54 Å². The van der Waals surface area contributed by atoms with E-state index in [9.17, 15) is 4.79 Å². The zero-order chi connectivity index (χ0) is 17.7. The van der Waals surface area contributed by atoms with E-state index in [1.165, 1.54) is 7.11 Å². The summed E-state index contributed by atoms with van der Waals surface area (Å²) in [5, 5.41) is 0.361. The van der Waals surface area contributed by atoms with Crippen LogP contribution >= 0.6 is 11.6 Å². The molecule has 0 spiro atoms. The lowest BCUT2D eigenvalue weighted by molar-refractivity contribution is 0.0784. The molecule has 0 aliphatic carbocycles. The second-order valence-corrected chi connectivity index (χ2v) is 6.21. The van der Waals surface area contributed by atoms with Gasteiger partial charge >= 0.3 is 0 Å². The number of hydrogen-bond acceptors (Lipinski definition) is 3. The minimum Gasteiger partial charge on any atom is -0.493 e. The summed E-state index contributed by atoms with van der Waals surface area (Å²) in [4.78, 5) is 14.3. The van der Waals surface area contributed by atoms with Crippen molar-refractivity contribution in [1.82, 2.24) is 4.90 Å². The summed E-state index contributed by atoms with van der Waals surface area (Å²) in [6.45, 7) is 4.33. The first-order valence-corrected chi connectivity index (χ1v) is 8.13. The van der Waals surface area contributed by atoms with Crippen molar-refractivity contribution in [3.05, 3.63) is 58.6 Å². The van der Waals surface area contributed by atoms with Crippen molar-refractivity contribution in [3.63, 3.8) is 0 Å². The van der Waals surface area contributed by atoms with Crippen LogP contribution in [0.5, 0.6) is 11.5 Å². The van der Waals surface area contributed by atoms with Crippen molar-refractivity contribution in [2.24, 2.45) is 0 Å². The Labute approximate surface area is 147 Å². The molecule has 0 heterocycles. The van der Waals surface area contributed by atoms with Gasteiger partial charge in [-0.3, -0.25) is 4.79 Å². The number of nitrogens with zero attached hydrogens (tertiary/aromatic N) is 1. The lowest BCUT2D eigenvalue weighted by atomic mass is 10.1. The molecule has 0 aliphatic rings. The molecule has 0 unspecified atom stereocenters. The Morgan fingerprint density at radius 2 is 1.88 bits per heavy atom. The van der Waals surface area contributed by atoms with Gasteiger partial charge in [0.05, 0.1) is 18.2 Å². The van der Waals surface area contributed by atoms with Gasteiger partial charge in [-0.15, -0.1) is 0 Å². The number of halogens is 1. The van der Waals surface area contributed by atoms with Crippen LogP contribution in [0.3, 0.4) is 0 Å². The topological polar surface area (TPSA) is 38.8 Å². The Morgan fingerprint density at radius 3 is 2.46 bits per heavy atom. The molecular weight excluding hydrogens is 326 g/mol. The first kappa shape index (κ1) is 18.1. The third kappa shape index (κ3) is 4.42. The van der Waals surface area contributed by atoms with E-state index in [-0.39, 0.29) is 12.0 Å². The van der Waals surface area contributed by atoms with E-state index >= 15 is 0 Å². The van der Waals surface area contributed by atoms with Gasteiger partial charge < -0.3 is 14.4 Å². The molecule has 2 rings (SSSR count). The van der Waals surface area contributed by atoms with Crippen LogP contribution < -0.4 is 9.47 Å². The minimum absolute atomic E-state index is 0.0429. The fourth-order valence-electron chi connectivity index (χ4n) is 2.34. The molecule has 0 saturated heterocycles. The summed E-state index contributed by atoms with van der Waals surface area (Å²) in [6.07, 6.45) is -0.0429. The molecule has 0 saturated carbocycles. The molecular formula is C19H22ClNO3. The zero-order valence-corrected chi connectivity index (χ0v) is 15.1. The fraction of sp³-hybridized carbons (Fsp3) is 0.316. The highest BCUT2D eigenvalue weighted by Gasteiger charge is 2.19. The van der Waals surface area contributed by atoms with Crippen LogP contribution in [-0.4, -0.2) is 31.1 Å². The molecule has 0 bridgehead atoms. The summed E-state index contributed by atoms with van der Waals surface area (Å²) in [6, 6.07) is 13.1. The molecule has 0 aromatic heterocycles. The van der Waals surface area contributed by atoms with Crippen molar-refractivity contribution in [1.29, 1.82) is 0 Å². The summed E-state index contributed by atoms with van der Waals surface area (Å²) >= 11 is 6.29. The maximum atomic E-state index is 12.7. The zero-order valence-electron chi connectivity index (χ0n) is 14.4. The summed E-state index contributed by atoms with van der Waals surface area (Å²) < 4.78 is 11.0. The van der Waals surface area contributed by atoms with Crippen molar-refractivity contribution < 1.29 is 14.3 Å². The predicted octanol–water partition coefficient (Wildman–Crippen LogP) is 4.41. The van der Waals surface area contributed by atoms with E-state index in [1.807, 2.05) is 44.2 Å². The second kappa shape index (κ2) is 8.06. The summed E-state index contributed by atoms with van der Waals surface area (Å²) in [5.74, 6) is 0.777. The highest BCUT2D eigenvalue weighted by molar-refractivity contribution is 6.32. The number of amides is 1. The first-order chi connectivity index (χ1) is 11.4. The van der Waals surface area contributed by atoms with Crippen molar-refractivity contribution in [3.8, 4) is 11.5 Å². The standard InChI is InChI=1S/C19H22ClNO3/c1-13(2)24-18-16(20)10-15(11-17(18)23-4)19(22)21(3)12-14-8-6-5-7-9-14/h5-11,13H,12H2,1-4H3.